The zero-order valence-corrected chi connectivity index (χ0v) is 22.9. The molecule has 0 saturated heterocycles. The number of rotatable bonds is 16. The molecule has 0 spiro atoms. The molecule has 10 heteroatoms. The molecule has 0 aliphatic heterocycles. The van der Waals surface area contributed by atoms with Crippen molar-refractivity contribution in [2.75, 3.05) is 41.2 Å². The summed E-state index contributed by atoms with van der Waals surface area (Å²) in [5, 5.41) is 8.97. The molecular weight excluding hydrogens is 448 g/mol. The fourth-order valence-corrected chi connectivity index (χ4v) is 5.42. The normalized spacial score (nSPS) is 15.8. The maximum atomic E-state index is 13.3. The SMILES string of the molecule is CCC(C)(CC(C)(CC(C)(C)C(=O)OCCO)C(=O)OCCC[Si](C)(OC)OC)C(=O)OC. The number of aliphatic hydroxyl groups is 1. The van der Waals surface area contributed by atoms with E-state index >= 15 is 0 Å². The summed E-state index contributed by atoms with van der Waals surface area (Å²) in [6, 6.07) is 0.651. The molecule has 0 amide bonds. The van der Waals surface area contributed by atoms with Gasteiger partial charge in [0.2, 0.25) is 0 Å². The highest BCUT2D eigenvalue weighted by molar-refractivity contribution is 6.65. The third-order valence-corrected chi connectivity index (χ3v) is 9.30. The summed E-state index contributed by atoms with van der Waals surface area (Å²) in [5.41, 5.74) is -3.15. The third kappa shape index (κ3) is 9.34. The Morgan fingerprint density at radius 1 is 0.818 bits per heavy atom. The van der Waals surface area contributed by atoms with Crippen LogP contribution in [0.2, 0.25) is 12.6 Å². The predicted molar refractivity (Wildman–Crippen MR) is 126 cm³/mol. The van der Waals surface area contributed by atoms with E-state index in [4.69, 9.17) is 28.2 Å². The van der Waals surface area contributed by atoms with E-state index in [0.29, 0.717) is 18.9 Å². The Balaban J connectivity index is 5.70. The smallest absolute Gasteiger partial charge is 0.334 e. The Morgan fingerprint density at radius 2 is 1.36 bits per heavy atom. The van der Waals surface area contributed by atoms with Crippen LogP contribution in [0.4, 0.5) is 0 Å². The van der Waals surface area contributed by atoms with Gasteiger partial charge in [-0.25, -0.2) is 0 Å². The average molecular weight is 493 g/mol. The molecule has 0 fully saturated rings. The Morgan fingerprint density at radius 3 is 1.82 bits per heavy atom. The van der Waals surface area contributed by atoms with Crippen molar-refractivity contribution in [1.82, 2.24) is 0 Å². The second kappa shape index (κ2) is 13.4. The molecular formula is C23H44O9Si. The van der Waals surface area contributed by atoms with Crippen molar-refractivity contribution in [2.45, 2.75) is 72.9 Å². The van der Waals surface area contributed by atoms with E-state index in [-0.39, 0.29) is 32.7 Å². The molecule has 0 saturated carbocycles. The highest BCUT2D eigenvalue weighted by Crippen LogP contribution is 2.45. The number of methoxy groups -OCH3 is 1. The highest BCUT2D eigenvalue weighted by Gasteiger charge is 2.49. The second-order valence-electron chi connectivity index (χ2n) is 9.84. The Hall–Kier alpha value is -1.49. The van der Waals surface area contributed by atoms with Crippen LogP contribution >= 0.6 is 0 Å². The maximum Gasteiger partial charge on any atom is 0.334 e. The monoisotopic (exact) mass is 492 g/mol. The topological polar surface area (TPSA) is 118 Å². The second-order valence-corrected chi connectivity index (χ2v) is 13.4. The first-order valence-electron chi connectivity index (χ1n) is 11.3. The van der Waals surface area contributed by atoms with Gasteiger partial charge in [0.25, 0.3) is 0 Å². The van der Waals surface area contributed by atoms with Gasteiger partial charge in [0.1, 0.15) is 6.61 Å². The van der Waals surface area contributed by atoms with Crippen LogP contribution in [0.5, 0.6) is 0 Å². The van der Waals surface area contributed by atoms with Gasteiger partial charge in [0, 0.05) is 14.2 Å². The first-order valence-corrected chi connectivity index (χ1v) is 13.9. The fraction of sp³-hybridized carbons (Fsp3) is 0.870. The van der Waals surface area contributed by atoms with Gasteiger partial charge in [-0.15, -0.1) is 0 Å². The minimum atomic E-state index is -2.28. The summed E-state index contributed by atoms with van der Waals surface area (Å²) in [6.45, 7) is 10.3. The number of esters is 3. The largest absolute Gasteiger partial charge is 0.469 e. The van der Waals surface area contributed by atoms with E-state index < -0.39 is 42.7 Å². The summed E-state index contributed by atoms with van der Waals surface area (Å²) in [4.78, 5) is 38.4. The van der Waals surface area contributed by atoms with Crippen molar-refractivity contribution in [1.29, 1.82) is 0 Å². The molecule has 0 aromatic rings. The Kier molecular flexibility index (Phi) is 12.8. The van der Waals surface area contributed by atoms with Crippen molar-refractivity contribution in [2.24, 2.45) is 16.2 Å². The molecule has 0 aromatic carbocycles. The zero-order chi connectivity index (χ0) is 25.9. The van der Waals surface area contributed by atoms with Crippen molar-refractivity contribution in [3.8, 4) is 0 Å². The minimum absolute atomic E-state index is 0.0955. The van der Waals surface area contributed by atoms with Gasteiger partial charge < -0.3 is 28.2 Å². The molecule has 0 heterocycles. The van der Waals surface area contributed by atoms with E-state index in [1.54, 1.807) is 41.9 Å². The lowest BCUT2D eigenvalue weighted by molar-refractivity contribution is -0.168. The number of ether oxygens (including phenoxy) is 3. The summed E-state index contributed by atoms with van der Waals surface area (Å²) in [5.74, 6) is -1.45. The van der Waals surface area contributed by atoms with E-state index in [1.807, 2.05) is 13.5 Å². The summed E-state index contributed by atoms with van der Waals surface area (Å²) < 4.78 is 26.7. The lowest BCUT2D eigenvalue weighted by atomic mass is 9.65. The number of carbonyl (C=O) groups excluding carboxylic acids is 3. The van der Waals surface area contributed by atoms with Crippen LogP contribution in [0.1, 0.15) is 60.3 Å². The van der Waals surface area contributed by atoms with Gasteiger partial charge in [-0.2, -0.15) is 0 Å². The molecule has 0 aliphatic rings. The number of hydrogen-bond acceptors (Lipinski definition) is 9. The van der Waals surface area contributed by atoms with Gasteiger partial charge >= 0.3 is 26.5 Å². The van der Waals surface area contributed by atoms with Gasteiger partial charge in [0.05, 0.1) is 36.6 Å². The third-order valence-electron chi connectivity index (χ3n) is 6.31. The molecule has 33 heavy (non-hydrogen) atoms. The summed E-state index contributed by atoms with van der Waals surface area (Å²) in [7, 11) is 2.25. The highest BCUT2D eigenvalue weighted by atomic mass is 28.4. The van der Waals surface area contributed by atoms with Crippen LogP contribution in [0.25, 0.3) is 0 Å². The maximum absolute atomic E-state index is 13.3. The summed E-state index contributed by atoms with van der Waals surface area (Å²) in [6.07, 6.45) is 1.25. The van der Waals surface area contributed by atoms with E-state index in [1.165, 1.54) is 7.11 Å². The van der Waals surface area contributed by atoms with Crippen molar-refractivity contribution in [3.05, 3.63) is 0 Å². The standard InChI is InChI=1S/C23H44O9Si/c1-10-22(4,19(26)28-6)17-23(5,16-21(2,3)18(25)32-14-12-24)20(27)31-13-11-15-33(9,29-7)30-8/h24H,10-17H2,1-9H3. The minimum Gasteiger partial charge on any atom is -0.469 e. The van der Waals surface area contributed by atoms with Crippen LogP contribution in [0.15, 0.2) is 0 Å². The summed E-state index contributed by atoms with van der Waals surface area (Å²) >= 11 is 0. The van der Waals surface area contributed by atoms with Gasteiger partial charge in [0.15, 0.2) is 0 Å². The lowest BCUT2D eigenvalue weighted by Gasteiger charge is -2.39. The van der Waals surface area contributed by atoms with Gasteiger partial charge in [-0.3, -0.25) is 14.4 Å². The number of hydrogen-bond donors (Lipinski definition) is 1. The first-order chi connectivity index (χ1) is 15.2. The predicted octanol–water partition coefficient (Wildman–Crippen LogP) is 3.22. The van der Waals surface area contributed by atoms with Crippen LogP contribution in [0, 0.1) is 16.2 Å². The molecule has 0 aromatic heterocycles. The van der Waals surface area contributed by atoms with Crippen LogP contribution in [-0.4, -0.2) is 72.7 Å². The quantitative estimate of drug-likeness (QED) is 0.150. The van der Waals surface area contributed by atoms with Crippen LogP contribution in [-0.2, 0) is 37.4 Å². The molecule has 0 aliphatic carbocycles. The molecule has 9 nitrogen and oxygen atoms in total. The fourth-order valence-electron chi connectivity index (χ4n) is 4.06. The van der Waals surface area contributed by atoms with Crippen molar-refractivity contribution >= 4 is 26.5 Å². The number of carbonyl (C=O) groups is 3. The molecule has 0 radical (unpaired) electrons. The molecule has 0 rings (SSSR count). The average Bonchev–Trinajstić information content (AvgIpc) is 2.78. The van der Waals surface area contributed by atoms with E-state index in [9.17, 15) is 14.4 Å². The van der Waals surface area contributed by atoms with Gasteiger partial charge in [-0.1, -0.05) is 6.92 Å². The Labute approximate surface area is 199 Å². The molecule has 1 N–H and O–H groups in total. The van der Waals surface area contributed by atoms with E-state index in [2.05, 4.69) is 0 Å². The van der Waals surface area contributed by atoms with Crippen molar-refractivity contribution in [3.63, 3.8) is 0 Å². The molecule has 2 atom stereocenters. The van der Waals surface area contributed by atoms with E-state index in [0.717, 1.165) is 0 Å². The van der Waals surface area contributed by atoms with Crippen molar-refractivity contribution < 1.29 is 42.6 Å². The van der Waals surface area contributed by atoms with Crippen LogP contribution < -0.4 is 0 Å². The molecule has 2 unspecified atom stereocenters. The number of aliphatic hydroxyl groups excluding tert-OH is 1. The first kappa shape index (κ1) is 31.5. The zero-order valence-electron chi connectivity index (χ0n) is 21.9. The Bertz CT molecular complexity index is 648. The molecule has 194 valence electrons. The lowest BCUT2D eigenvalue weighted by Crippen LogP contribution is -2.44. The van der Waals surface area contributed by atoms with Gasteiger partial charge in [-0.05, 0) is 66.0 Å². The molecule has 0 bridgehead atoms. The van der Waals surface area contributed by atoms with Crippen LogP contribution in [0.3, 0.4) is 0 Å².